The molecule has 0 fully saturated rings. The van der Waals surface area contributed by atoms with Gasteiger partial charge >= 0.3 is 0 Å². The molecule has 3 aliphatic carbocycles. The van der Waals surface area contributed by atoms with Crippen molar-refractivity contribution in [3.05, 3.63) is 203 Å². The van der Waals surface area contributed by atoms with E-state index in [1.165, 1.54) is 94.2 Å². The molecule has 11 rings (SSSR count). The van der Waals surface area contributed by atoms with Gasteiger partial charge in [0, 0.05) is 22.4 Å². The maximum atomic E-state index is 3.97. The highest BCUT2D eigenvalue weighted by Crippen LogP contribution is 2.64. The van der Waals surface area contributed by atoms with E-state index in [1.807, 2.05) is 0 Å². The maximum absolute atomic E-state index is 3.97. The van der Waals surface area contributed by atoms with Crippen LogP contribution < -0.4 is 5.32 Å². The van der Waals surface area contributed by atoms with Gasteiger partial charge in [-0.05, 0) is 118 Å². The predicted octanol–water partition coefficient (Wildman–Crippen LogP) is 14.2. The van der Waals surface area contributed by atoms with E-state index >= 15 is 0 Å². The second-order valence-corrected chi connectivity index (χ2v) is 17.3. The Morgan fingerprint density at radius 3 is 1.76 bits per heavy atom. The van der Waals surface area contributed by atoms with Gasteiger partial charge < -0.3 is 5.32 Å². The van der Waals surface area contributed by atoms with Crippen molar-refractivity contribution in [1.29, 1.82) is 0 Å². The summed E-state index contributed by atoms with van der Waals surface area (Å²) in [5.74, 6) is 0. The smallest absolute Gasteiger partial charge is 0.0726 e. The van der Waals surface area contributed by atoms with Gasteiger partial charge in [-0.1, -0.05) is 174 Å². The zero-order valence-corrected chi connectivity index (χ0v) is 32.1. The number of rotatable bonds is 3. The summed E-state index contributed by atoms with van der Waals surface area (Å²) in [4.78, 5) is 0. The molecule has 0 aliphatic heterocycles. The van der Waals surface area contributed by atoms with Crippen LogP contribution in [0, 0.1) is 0 Å². The summed E-state index contributed by atoms with van der Waals surface area (Å²) in [6.45, 7) is 11.8. The minimum absolute atomic E-state index is 0.0761. The fourth-order valence-electron chi connectivity index (χ4n) is 10.6. The molecule has 0 saturated carbocycles. The van der Waals surface area contributed by atoms with Crippen molar-refractivity contribution in [3.63, 3.8) is 0 Å². The molecular formula is C54H43N. The minimum atomic E-state index is -0.357. The normalized spacial score (nSPS) is 14.9. The maximum Gasteiger partial charge on any atom is 0.0726 e. The predicted molar refractivity (Wildman–Crippen MR) is 232 cm³/mol. The van der Waals surface area contributed by atoms with Gasteiger partial charge in [0.25, 0.3) is 0 Å². The number of anilines is 2. The molecule has 1 heteroatoms. The van der Waals surface area contributed by atoms with Crippen LogP contribution >= 0.6 is 0 Å². The zero-order chi connectivity index (χ0) is 37.3. The Hall–Kier alpha value is -6.18. The van der Waals surface area contributed by atoms with Crippen molar-refractivity contribution in [2.75, 3.05) is 5.32 Å². The van der Waals surface area contributed by atoms with Crippen LogP contribution in [-0.4, -0.2) is 0 Å². The third-order valence-corrected chi connectivity index (χ3v) is 13.0. The lowest BCUT2D eigenvalue weighted by Crippen LogP contribution is -2.25. The third-order valence-electron chi connectivity index (χ3n) is 13.0. The molecule has 1 spiro atoms. The Labute approximate surface area is 324 Å². The first-order valence-electron chi connectivity index (χ1n) is 19.7. The van der Waals surface area contributed by atoms with E-state index in [4.69, 9.17) is 0 Å². The Bertz CT molecular complexity index is 2870. The second-order valence-electron chi connectivity index (χ2n) is 17.3. The molecule has 8 aromatic rings. The summed E-state index contributed by atoms with van der Waals surface area (Å²) >= 11 is 0. The molecule has 0 amide bonds. The number of hydrogen-bond donors (Lipinski definition) is 1. The van der Waals surface area contributed by atoms with E-state index in [0.717, 1.165) is 11.4 Å². The Kier molecular flexibility index (Phi) is 6.56. The van der Waals surface area contributed by atoms with Crippen molar-refractivity contribution < 1.29 is 0 Å². The molecule has 55 heavy (non-hydrogen) atoms. The van der Waals surface area contributed by atoms with E-state index in [0.29, 0.717) is 0 Å². The standard InChI is InChI=1S/C54H43N/c1-52(2,3)47-32-35(27-29-36(47)34-25-28-41-48(31-34)53(4,5)45-30-26-33-15-6-7-16-37(33)50(41)45)55-49-24-14-23-46-51(49)40-19-10-13-22-44(40)54(46)42-20-11-8-17-38(42)39-18-9-12-21-43(39)54/h6-32,55H,1-5H3. The van der Waals surface area contributed by atoms with Crippen molar-refractivity contribution >= 4 is 22.1 Å². The van der Waals surface area contributed by atoms with Crippen molar-refractivity contribution in [2.45, 2.75) is 50.9 Å². The summed E-state index contributed by atoms with van der Waals surface area (Å²) in [5.41, 5.74) is 21.9. The Morgan fingerprint density at radius 1 is 0.436 bits per heavy atom. The molecule has 8 aromatic carbocycles. The van der Waals surface area contributed by atoms with Crippen LogP contribution in [-0.2, 0) is 16.2 Å². The molecule has 3 aliphatic rings. The molecule has 1 nitrogen and oxygen atoms in total. The first-order chi connectivity index (χ1) is 26.7. The Balaban J connectivity index is 1.04. The van der Waals surface area contributed by atoms with Crippen molar-refractivity contribution in [2.24, 2.45) is 0 Å². The summed E-state index contributed by atoms with van der Waals surface area (Å²) < 4.78 is 0. The van der Waals surface area contributed by atoms with E-state index in [1.54, 1.807) is 0 Å². The van der Waals surface area contributed by atoms with Crippen LogP contribution in [0.5, 0.6) is 0 Å². The third kappa shape index (κ3) is 4.30. The van der Waals surface area contributed by atoms with E-state index in [-0.39, 0.29) is 16.2 Å². The van der Waals surface area contributed by atoms with Gasteiger partial charge in [0.2, 0.25) is 0 Å². The molecule has 0 unspecified atom stereocenters. The molecule has 1 N–H and O–H groups in total. The van der Waals surface area contributed by atoms with E-state index < -0.39 is 0 Å². The lowest BCUT2D eigenvalue weighted by atomic mass is 9.70. The fourth-order valence-corrected chi connectivity index (χ4v) is 10.6. The first-order valence-corrected chi connectivity index (χ1v) is 19.7. The monoisotopic (exact) mass is 705 g/mol. The highest BCUT2D eigenvalue weighted by atomic mass is 14.9. The summed E-state index contributed by atoms with van der Waals surface area (Å²) in [7, 11) is 0. The van der Waals surface area contributed by atoms with Gasteiger partial charge in [0.1, 0.15) is 0 Å². The minimum Gasteiger partial charge on any atom is -0.355 e. The van der Waals surface area contributed by atoms with E-state index in [2.05, 4.69) is 204 Å². The molecule has 264 valence electrons. The van der Waals surface area contributed by atoms with Crippen molar-refractivity contribution in [1.82, 2.24) is 0 Å². The lowest BCUT2D eigenvalue weighted by molar-refractivity contribution is 0.592. The molecule has 0 saturated heterocycles. The van der Waals surface area contributed by atoms with Gasteiger partial charge in [0.05, 0.1) is 5.41 Å². The average molecular weight is 706 g/mol. The molecular weight excluding hydrogens is 663 g/mol. The van der Waals surface area contributed by atoms with E-state index in [9.17, 15) is 0 Å². The highest BCUT2D eigenvalue weighted by molar-refractivity contribution is 6.03. The summed E-state index contributed by atoms with van der Waals surface area (Å²) in [6.07, 6.45) is 0. The van der Waals surface area contributed by atoms with Crippen LogP contribution in [0.3, 0.4) is 0 Å². The van der Waals surface area contributed by atoms with Crippen LogP contribution in [0.25, 0.3) is 55.3 Å². The van der Waals surface area contributed by atoms with Crippen LogP contribution in [0.4, 0.5) is 11.4 Å². The number of hydrogen-bond acceptors (Lipinski definition) is 1. The first kappa shape index (κ1) is 32.3. The number of fused-ring (bicyclic) bond motifs is 15. The zero-order valence-electron chi connectivity index (χ0n) is 32.1. The van der Waals surface area contributed by atoms with Gasteiger partial charge in [-0.2, -0.15) is 0 Å². The quantitative estimate of drug-likeness (QED) is 0.193. The topological polar surface area (TPSA) is 12.0 Å². The Morgan fingerprint density at radius 2 is 1.04 bits per heavy atom. The number of nitrogens with one attached hydrogen (secondary N) is 1. The highest BCUT2D eigenvalue weighted by Gasteiger charge is 2.52. The fraction of sp³-hybridized carbons (Fsp3) is 0.148. The van der Waals surface area contributed by atoms with Gasteiger partial charge in [-0.3, -0.25) is 0 Å². The lowest BCUT2D eigenvalue weighted by Gasteiger charge is -2.30. The second kappa shape index (κ2) is 11.2. The van der Waals surface area contributed by atoms with Crippen LogP contribution in [0.15, 0.2) is 164 Å². The largest absolute Gasteiger partial charge is 0.355 e. The summed E-state index contributed by atoms with van der Waals surface area (Å²) in [5, 5.41) is 6.61. The molecule has 0 atom stereocenters. The molecule has 0 aromatic heterocycles. The number of benzene rings is 8. The van der Waals surface area contributed by atoms with Crippen LogP contribution in [0.2, 0.25) is 0 Å². The van der Waals surface area contributed by atoms with Gasteiger partial charge in [-0.15, -0.1) is 0 Å². The molecule has 0 heterocycles. The van der Waals surface area contributed by atoms with Gasteiger partial charge in [-0.25, -0.2) is 0 Å². The molecule has 0 bridgehead atoms. The SMILES string of the molecule is CC(C)(C)c1cc(Nc2cccc3c2-c2ccccc2C32c3ccccc3-c3ccccc32)ccc1-c1ccc2c(c1)C(C)(C)c1ccc3ccccc3c1-2. The molecule has 0 radical (unpaired) electrons. The van der Waals surface area contributed by atoms with Crippen LogP contribution in [0.1, 0.15) is 73.6 Å². The summed E-state index contributed by atoms with van der Waals surface area (Å²) in [6, 6.07) is 61.6. The average Bonchev–Trinajstić information content (AvgIpc) is 3.77. The van der Waals surface area contributed by atoms with Gasteiger partial charge in [0.15, 0.2) is 0 Å². The van der Waals surface area contributed by atoms with Crippen molar-refractivity contribution in [3.8, 4) is 44.5 Å².